The van der Waals surface area contributed by atoms with Gasteiger partial charge in [-0.3, -0.25) is 0 Å². The molecule has 1 aromatic carbocycles. The minimum absolute atomic E-state index is 0.269. The molecule has 134 valence electrons. The molecule has 1 aliphatic rings. The number of esters is 2. The highest BCUT2D eigenvalue weighted by molar-refractivity contribution is 5.92. The molecule has 1 aromatic rings. The standard InChI is InChI=1S/C22H22O4/c1-4-20(26-22(24)19-13-9-17(3)10-14-19)6-5-15-25-21(23)18-11-7-16(2)8-12-18/h4-9,11-15,17H,1,10H2,2-3H3/b15-5+,20-6+/t17-/m0/s1. The second kappa shape index (κ2) is 9.37. The molecule has 1 atom stereocenters. The van der Waals surface area contributed by atoms with Crippen molar-refractivity contribution in [3.05, 3.63) is 96.0 Å². The van der Waals surface area contributed by atoms with Crippen molar-refractivity contribution in [3.63, 3.8) is 0 Å². The second-order valence-electron chi connectivity index (χ2n) is 5.99. The van der Waals surface area contributed by atoms with Gasteiger partial charge in [-0.2, -0.15) is 0 Å². The summed E-state index contributed by atoms with van der Waals surface area (Å²) in [5.74, 6) is -0.208. The lowest BCUT2D eigenvalue weighted by atomic mass is 9.99. The van der Waals surface area contributed by atoms with E-state index in [9.17, 15) is 9.59 Å². The highest BCUT2D eigenvalue weighted by atomic mass is 16.5. The number of allylic oxidation sites excluding steroid dienone is 5. The quantitative estimate of drug-likeness (QED) is 0.420. The molecule has 0 heterocycles. The summed E-state index contributed by atoms with van der Waals surface area (Å²) >= 11 is 0. The molecular formula is C22H22O4. The van der Waals surface area contributed by atoms with E-state index >= 15 is 0 Å². The molecule has 4 nitrogen and oxygen atoms in total. The van der Waals surface area contributed by atoms with Crippen LogP contribution in [0.15, 0.2) is 84.9 Å². The maximum absolute atomic E-state index is 12.1. The molecule has 1 aliphatic carbocycles. The third kappa shape index (κ3) is 5.74. The van der Waals surface area contributed by atoms with E-state index in [1.165, 1.54) is 24.5 Å². The zero-order chi connectivity index (χ0) is 18.9. The molecule has 0 radical (unpaired) electrons. The minimum Gasteiger partial charge on any atom is -0.431 e. The largest absolute Gasteiger partial charge is 0.431 e. The van der Waals surface area contributed by atoms with E-state index in [0.717, 1.165) is 12.0 Å². The van der Waals surface area contributed by atoms with Gasteiger partial charge in [-0.15, -0.1) is 0 Å². The topological polar surface area (TPSA) is 52.6 Å². The summed E-state index contributed by atoms with van der Waals surface area (Å²) in [7, 11) is 0. The van der Waals surface area contributed by atoms with Crippen molar-refractivity contribution in [2.45, 2.75) is 20.3 Å². The first-order valence-corrected chi connectivity index (χ1v) is 8.37. The SMILES string of the molecule is C=C/C(=C\C=C\OC(=O)c1ccc(C)cc1)OC(=O)C1=CC[C@@H](C)C=C1. The predicted molar refractivity (Wildman–Crippen MR) is 101 cm³/mol. The summed E-state index contributed by atoms with van der Waals surface area (Å²) in [6.45, 7) is 7.63. The van der Waals surface area contributed by atoms with Crippen LogP contribution in [0.2, 0.25) is 0 Å². The van der Waals surface area contributed by atoms with Crippen LogP contribution in [-0.2, 0) is 14.3 Å². The number of ether oxygens (including phenoxy) is 2. The van der Waals surface area contributed by atoms with Crippen LogP contribution in [0.5, 0.6) is 0 Å². The number of carbonyl (C=O) groups excluding carboxylic acids is 2. The molecule has 0 saturated heterocycles. The van der Waals surface area contributed by atoms with Gasteiger partial charge in [-0.25, -0.2) is 9.59 Å². The Morgan fingerprint density at radius 2 is 1.92 bits per heavy atom. The van der Waals surface area contributed by atoms with Gasteiger partial charge in [-0.05, 0) is 49.6 Å². The number of carbonyl (C=O) groups is 2. The second-order valence-corrected chi connectivity index (χ2v) is 5.99. The molecular weight excluding hydrogens is 328 g/mol. The Balaban J connectivity index is 1.90. The Kier molecular flexibility index (Phi) is 6.92. The van der Waals surface area contributed by atoms with E-state index in [4.69, 9.17) is 9.47 Å². The van der Waals surface area contributed by atoms with Crippen LogP contribution in [-0.4, -0.2) is 11.9 Å². The van der Waals surface area contributed by atoms with Crippen LogP contribution in [0.3, 0.4) is 0 Å². The van der Waals surface area contributed by atoms with E-state index in [1.807, 2.05) is 31.2 Å². The summed E-state index contributed by atoms with van der Waals surface area (Å²) in [4.78, 5) is 24.0. The molecule has 0 unspecified atom stereocenters. The molecule has 2 rings (SSSR count). The zero-order valence-electron chi connectivity index (χ0n) is 15.0. The number of hydrogen-bond donors (Lipinski definition) is 0. The van der Waals surface area contributed by atoms with Gasteiger partial charge < -0.3 is 9.47 Å². The molecule has 0 aliphatic heterocycles. The molecule has 0 amide bonds. The van der Waals surface area contributed by atoms with Gasteiger partial charge in [0.15, 0.2) is 0 Å². The highest BCUT2D eigenvalue weighted by Gasteiger charge is 2.13. The lowest BCUT2D eigenvalue weighted by molar-refractivity contribution is -0.134. The number of rotatable bonds is 6. The van der Waals surface area contributed by atoms with Crippen molar-refractivity contribution in [3.8, 4) is 0 Å². The lowest BCUT2D eigenvalue weighted by Crippen LogP contribution is -2.08. The van der Waals surface area contributed by atoms with Gasteiger partial charge in [0.1, 0.15) is 5.76 Å². The zero-order valence-corrected chi connectivity index (χ0v) is 15.0. The monoisotopic (exact) mass is 350 g/mol. The van der Waals surface area contributed by atoms with Gasteiger partial charge in [0, 0.05) is 0 Å². The van der Waals surface area contributed by atoms with Crippen molar-refractivity contribution in [2.75, 3.05) is 0 Å². The summed E-state index contributed by atoms with van der Waals surface area (Å²) < 4.78 is 10.3. The maximum Gasteiger partial charge on any atom is 0.343 e. The van der Waals surface area contributed by atoms with Crippen LogP contribution >= 0.6 is 0 Å². The fraction of sp³-hybridized carbons (Fsp3) is 0.182. The number of aryl methyl sites for hydroxylation is 1. The van der Waals surface area contributed by atoms with Gasteiger partial charge >= 0.3 is 11.9 Å². The molecule has 0 saturated carbocycles. The molecule has 4 heteroatoms. The highest BCUT2D eigenvalue weighted by Crippen LogP contribution is 2.17. The van der Waals surface area contributed by atoms with Crippen molar-refractivity contribution in [1.82, 2.24) is 0 Å². The van der Waals surface area contributed by atoms with Crippen LogP contribution < -0.4 is 0 Å². The summed E-state index contributed by atoms with van der Waals surface area (Å²) in [5.41, 5.74) is 2.05. The van der Waals surface area contributed by atoms with E-state index in [2.05, 4.69) is 13.5 Å². The summed E-state index contributed by atoms with van der Waals surface area (Å²) in [6.07, 6.45) is 12.0. The average molecular weight is 350 g/mol. The molecule has 0 bridgehead atoms. The van der Waals surface area contributed by atoms with Crippen molar-refractivity contribution in [2.24, 2.45) is 5.92 Å². The fourth-order valence-electron chi connectivity index (χ4n) is 2.18. The normalized spacial score (nSPS) is 16.9. The van der Waals surface area contributed by atoms with Gasteiger partial charge in [0.05, 0.1) is 17.4 Å². The van der Waals surface area contributed by atoms with Crippen LogP contribution in [0.1, 0.15) is 29.3 Å². The van der Waals surface area contributed by atoms with Gasteiger partial charge in [0.25, 0.3) is 0 Å². The fourth-order valence-corrected chi connectivity index (χ4v) is 2.18. The van der Waals surface area contributed by atoms with Crippen molar-refractivity contribution in [1.29, 1.82) is 0 Å². The molecule has 26 heavy (non-hydrogen) atoms. The summed E-state index contributed by atoms with van der Waals surface area (Å²) in [5, 5.41) is 0. The van der Waals surface area contributed by atoms with Crippen LogP contribution in [0.25, 0.3) is 0 Å². The lowest BCUT2D eigenvalue weighted by Gasteiger charge is -2.11. The first kappa shape index (κ1) is 19.2. The predicted octanol–water partition coefficient (Wildman–Crippen LogP) is 4.80. The average Bonchev–Trinajstić information content (AvgIpc) is 2.65. The Morgan fingerprint density at radius 1 is 1.19 bits per heavy atom. The molecule has 0 N–H and O–H groups in total. The minimum atomic E-state index is -0.460. The number of hydrogen-bond acceptors (Lipinski definition) is 4. The first-order chi connectivity index (χ1) is 12.5. The van der Waals surface area contributed by atoms with E-state index < -0.39 is 11.9 Å². The van der Waals surface area contributed by atoms with Crippen molar-refractivity contribution >= 4 is 11.9 Å². The first-order valence-electron chi connectivity index (χ1n) is 8.37. The Labute approximate surface area is 153 Å². The van der Waals surface area contributed by atoms with E-state index in [1.54, 1.807) is 18.2 Å². The van der Waals surface area contributed by atoms with E-state index in [0.29, 0.717) is 17.1 Å². The van der Waals surface area contributed by atoms with Gasteiger partial charge in [0.2, 0.25) is 0 Å². The molecule has 0 aromatic heterocycles. The number of benzene rings is 1. The van der Waals surface area contributed by atoms with Crippen molar-refractivity contribution < 1.29 is 19.1 Å². The molecule has 0 fully saturated rings. The maximum atomic E-state index is 12.1. The van der Waals surface area contributed by atoms with Crippen LogP contribution in [0, 0.1) is 12.8 Å². The Morgan fingerprint density at radius 3 is 2.54 bits per heavy atom. The third-order valence-corrected chi connectivity index (χ3v) is 3.76. The van der Waals surface area contributed by atoms with E-state index in [-0.39, 0.29) is 5.76 Å². The summed E-state index contributed by atoms with van der Waals surface area (Å²) in [6, 6.07) is 7.07. The smallest absolute Gasteiger partial charge is 0.343 e. The van der Waals surface area contributed by atoms with Gasteiger partial charge in [-0.1, -0.05) is 49.4 Å². The Bertz CT molecular complexity index is 792. The Hall–Kier alpha value is -3.14. The van der Waals surface area contributed by atoms with Crippen LogP contribution in [0.4, 0.5) is 0 Å². The molecule has 0 spiro atoms. The third-order valence-electron chi connectivity index (χ3n) is 3.76.